The first kappa shape index (κ1) is 18.4. The van der Waals surface area contributed by atoms with Crippen LogP contribution in [0.1, 0.15) is 13.8 Å². The number of para-hydroxylation sites is 2. The third-order valence-electron chi connectivity index (χ3n) is 4.09. The monoisotopic (exact) mass is 375 g/mol. The fraction of sp³-hybridized carbons (Fsp3) is 0.350. The van der Waals surface area contributed by atoms with Gasteiger partial charge in [0.2, 0.25) is 0 Å². The molecule has 5 nitrogen and oxygen atoms in total. The molecule has 1 amide bonds. The van der Waals surface area contributed by atoms with Gasteiger partial charge in [-0.05, 0) is 50.2 Å². The molecule has 2 aromatic rings. The highest BCUT2D eigenvalue weighted by atomic mass is 35.5. The molecule has 0 saturated carbocycles. The zero-order chi connectivity index (χ0) is 18.7. The fourth-order valence-electron chi connectivity index (χ4n) is 2.84. The largest absolute Gasteiger partial charge is 0.486 e. The molecule has 1 atom stereocenters. The van der Waals surface area contributed by atoms with Gasteiger partial charge in [0, 0.05) is 12.1 Å². The van der Waals surface area contributed by atoms with E-state index >= 15 is 0 Å². The summed E-state index contributed by atoms with van der Waals surface area (Å²) >= 11 is 5.88. The number of rotatable bonds is 5. The van der Waals surface area contributed by atoms with Crippen molar-refractivity contribution in [2.75, 3.05) is 20.2 Å². The van der Waals surface area contributed by atoms with Gasteiger partial charge in [-0.3, -0.25) is 4.79 Å². The molecule has 6 heteroatoms. The highest BCUT2D eigenvalue weighted by molar-refractivity contribution is 6.30. The SMILES string of the molecule is CN(C[C@@H]1COc2ccccc2O1)C(=O)C(C)(C)Oc1ccc(Cl)cc1. The molecule has 0 spiro atoms. The minimum atomic E-state index is -1.02. The summed E-state index contributed by atoms with van der Waals surface area (Å²) in [6.45, 7) is 4.29. The maximum absolute atomic E-state index is 12.8. The number of ether oxygens (including phenoxy) is 3. The number of likely N-dealkylation sites (N-methyl/N-ethyl adjacent to an activating group) is 1. The summed E-state index contributed by atoms with van der Waals surface area (Å²) in [6, 6.07) is 14.5. The van der Waals surface area contributed by atoms with E-state index in [2.05, 4.69) is 0 Å². The fourth-order valence-corrected chi connectivity index (χ4v) is 2.97. The van der Waals surface area contributed by atoms with Crippen LogP contribution in [0.15, 0.2) is 48.5 Å². The lowest BCUT2D eigenvalue weighted by molar-refractivity contribution is -0.145. The second-order valence-corrected chi connectivity index (χ2v) is 7.19. The van der Waals surface area contributed by atoms with Crippen LogP contribution in [0, 0.1) is 0 Å². The minimum Gasteiger partial charge on any atom is -0.486 e. The molecule has 1 aliphatic heterocycles. The number of amides is 1. The molecule has 1 aliphatic rings. The maximum atomic E-state index is 12.8. The van der Waals surface area contributed by atoms with Gasteiger partial charge in [-0.2, -0.15) is 0 Å². The maximum Gasteiger partial charge on any atom is 0.266 e. The van der Waals surface area contributed by atoms with Crippen LogP contribution in [0.25, 0.3) is 0 Å². The van der Waals surface area contributed by atoms with Crippen molar-refractivity contribution in [2.45, 2.75) is 25.6 Å². The van der Waals surface area contributed by atoms with Crippen LogP contribution in [0.3, 0.4) is 0 Å². The first-order valence-electron chi connectivity index (χ1n) is 8.44. The number of hydrogen-bond donors (Lipinski definition) is 0. The molecular weight excluding hydrogens is 354 g/mol. The normalized spacial score (nSPS) is 16.1. The van der Waals surface area contributed by atoms with Gasteiger partial charge in [0.1, 0.15) is 12.4 Å². The zero-order valence-corrected chi connectivity index (χ0v) is 15.8. The van der Waals surface area contributed by atoms with Crippen LogP contribution in [0.2, 0.25) is 5.02 Å². The van der Waals surface area contributed by atoms with E-state index in [-0.39, 0.29) is 12.0 Å². The highest BCUT2D eigenvalue weighted by Gasteiger charge is 2.34. The number of carbonyl (C=O) groups excluding carboxylic acids is 1. The molecule has 0 radical (unpaired) electrons. The summed E-state index contributed by atoms with van der Waals surface area (Å²) in [5, 5.41) is 0.619. The van der Waals surface area contributed by atoms with Crippen molar-refractivity contribution in [3.05, 3.63) is 53.6 Å². The Morgan fingerprint density at radius 1 is 1.19 bits per heavy atom. The molecule has 1 heterocycles. The number of carbonyl (C=O) groups is 1. The lowest BCUT2D eigenvalue weighted by Gasteiger charge is -2.33. The van der Waals surface area contributed by atoms with Crippen molar-refractivity contribution in [2.24, 2.45) is 0 Å². The van der Waals surface area contributed by atoms with E-state index in [4.69, 9.17) is 25.8 Å². The molecule has 0 unspecified atom stereocenters. The Bertz CT molecular complexity index is 776. The highest BCUT2D eigenvalue weighted by Crippen LogP contribution is 2.31. The minimum absolute atomic E-state index is 0.144. The van der Waals surface area contributed by atoms with E-state index in [0.29, 0.717) is 29.7 Å². The van der Waals surface area contributed by atoms with Crippen LogP contribution in [0.5, 0.6) is 17.2 Å². The predicted molar refractivity (Wildman–Crippen MR) is 100 cm³/mol. The van der Waals surface area contributed by atoms with Crippen molar-refractivity contribution in [1.29, 1.82) is 0 Å². The third-order valence-corrected chi connectivity index (χ3v) is 4.35. The Hall–Kier alpha value is -2.40. The molecule has 0 fully saturated rings. The molecule has 2 aromatic carbocycles. The van der Waals surface area contributed by atoms with Crippen molar-refractivity contribution < 1.29 is 19.0 Å². The average molecular weight is 376 g/mol. The first-order valence-corrected chi connectivity index (χ1v) is 8.81. The smallest absolute Gasteiger partial charge is 0.266 e. The van der Waals surface area contributed by atoms with Crippen molar-refractivity contribution in [3.8, 4) is 17.2 Å². The Kier molecular flexibility index (Phi) is 5.28. The van der Waals surface area contributed by atoms with Crippen LogP contribution < -0.4 is 14.2 Å². The number of hydrogen-bond acceptors (Lipinski definition) is 4. The van der Waals surface area contributed by atoms with Gasteiger partial charge in [-0.15, -0.1) is 0 Å². The van der Waals surface area contributed by atoms with Gasteiger partial charge in [0.05, 0.1) is 6.54 Å². The molecule has 0 aliphatic carbocycles. The summed E-state index contributed by atoms with van der Waals surface area (Å²) in [6.07, 6.45) is -0.231. The van der Waals surface area contributed by atoms with Gasteiger partial charge in [-0.1, -0.05) is 23.7 Å². The molecule has 3 rings (SSSR count). The number of halogens is 1. The Labute approximate surface area is 158 Å². The van der Waals surface area contributed by atoms with E-state index in [1.807, 2.05) is 24.3 Å². The summed E-state index contributed by atoms with van der Waals surface area (Å²) < 4.78 is 17.5. The second-order valence-electron chi connectivity index (χ2n) is 6.75. The summed E-state index contributed by atoms with van der Waals surface area (Å²) in [5.41, 5.74) is -1.02. The second kappa shape index (κ2) is 7.46. The zero-order valence-electron chi connectivity index (χ0n) is 15.1. The van der Waals surface area contributed by atoms with E-state index in [1.54, 1.807) is 50.1 Å². The van der Waals surface area contributed by atoms with Gasteiger partial charge in [0.25, 0.3) is 5.91 Å². The Morgan fingerprint density at radius 3 is 2.54 bits per heavy atom. The van der Waals surface area contributed by atoms with Gasteiger partial charge in [0.15, 0.2) is 23.2 Å². The average Bonchev–Trinajstić information content (AvgIpc) is 2.62. The molecule has 138 valence electrons. The summed E-state index contributed by atoms with van der Waals surface area (Å²) in [4.78, 5) is 14.4. The molecule has 0 saturated heterocycles. The number of benzene rings is 2. The summed E-state index contributed by atoms with van der Waals surface area (Å²) in [7, 11) is 1.74. The Morgan fingerprint density at radius 2 is 1.85 bits per heavy atom. The molecular formula is C20H22ClNO4. The summed E-state index contributed by atoms with van der Waals surface area (Å²) in [5.74, 6) is 1.87. The molecule has 26 heavy (non-hydrogen) atoms. The first-order chi connectivity index (χ1) is 12.3. The van der Waals surface area contributed by atoms with E-state index in [0.717, 1.165) is 5.75 Å². The van der Waals surface area contributed by atoms with Crippen molar-refractivity contribution in [3.63, 3.8) is 0 Å². The van der Waals surface area contributed by atoms with Crippen LogP contribution in [0.4, 0.5) is 0 Å². The lowest BCUT2D eigenvalue weighted by atomic mass is 10.1. The Balaban J connectivity index is 1.61. The number of nitrogens with zero attached hydrogens (tertiary/aromatic N) is 1. The third kappa shape index (κ3) is 4.22. The van der Waals surface area contributed by atoms with Crippen molar-refractivity contribution >= 4 is 17.5 Å². The topological polar surface area (TPSA) is 48.0 Å². The predicted octanol–water partition coefficient (Wildman–Crippen LogP) is 3.80. The number of fused-ring (bicyclic) bond motifs is 1. The van der Waals surface area contributed by atoms with Gasteiger partial charge in [-0.25, -0.2) is 0 Å². The standard InChI is InChI=1S/C20H22ClNO4/c1-20(2,26-15-10-8-14(21)9-11-15)19(23)22(3)12-16-13-24-17-6-4-5-7-18(17)25-16/h4-11,16H,12-13H2,1-3H3/t16-/m1/s1. The van der Waals surface area contributed by atoms with Crippen LogP contribution in [-0.4, -0.2) is 42.7 Å². The van der Waals surface area contributed by atoms with E-state index < -0.39 is 5.60 Å². The molecule has 0 bridgehead atoms. The van der Waals surface area contributed by atoms with Gasteiger partial charge >= 0.3 is 0 Å². The van der Waals surface area contributed by atoms with Crippen LogP contribution in [-0.2, 0) is 4.79 Å². The molecule has 0 N–H and O–H groups in total. The quantitative estimate of drug-likeness (QED) is 0.797. The van der Waals surface area contributed by atoms with Gasteiger partial charge < -0.3 is 19.1 Å². The van der Waals surface area contributed by atoms with Crippen LogP contribution >= 0.6 is 11.6 Å². The lowest BCUT2D eigenvalue weighted by Crippen LogP contribution is -2.51. The van der Waals surface area contributed by atoms with E-state index in [9.17, 15) is 4.79 Å². The van der Waals surface area contributed by atoms with E-state index in [1.165, 1.54) is 0 Å². The molecule has 0 aromatic heterocycles. The van der Waals surface area contributed by atoms with Crippen molar-refractivity contribution in [1.82, 2.24) is 4.90 Å².